The average Bonchev–Trinajstić information content (AvgIpc) is 2.92. The molecule has 21 heavy (non-hydrogen) atoms. The van der Waals surface area contributed by atoms with Gasteiger partial charge < -0.3 is 5.73 Å². The van der Waals surface area contributed by atoms with Gasteiger partial charge in [0.05, 0.1) is 4.90 Å². The second-order valence-corrected chi connectivity index (χ2v) is 8.18. The van der Waals surface area contributed by atoms with Gasteiger partial charge >= 0.3 is 0 Å². The van der Waals surface area contributed by atoms with Crippen LogP contribution in [-0.2, 0) is 16.6 Å². The summed E-state index contributed by atoms with van der Waals surface area (Å²) in [5, 5.41) is 0. The fourth-order valence-electron chi connectivity index (χ4n) is 3.84. The summed E-state index contributed by atoms with van der Waals surface area (Å²) in [4.78, 5) is 0.441. The van der Waals surface area contributed by atoms with Crippen LogP contribution in [0.25, 0.3) is 0 Å². The lowest BCUT2D eigenvalue weighted by Gasteiger charge is -2.31. The highest BCUT2D eigenvalue weighted by Gasteiger charge is 2.42. The molecule has 1 aliphatic heterocycles. The maximum absolute atomic E-state index is 13.1. The summed E-state index contributed by atoms with van der Waals surface area (Å²) in [5.41, 5.74) is 7.35. The molecule has 1 saturated carbocycles. The molecule has 2 aliphatic rings. The van der Waals surface area contributed by atoms with E-state index in [9.17, 15) is 8.42 Å². The first-order chi connectivity index (χ1) is 10.0. The summed E-state index contributed by atoms with van der Waals surface area (Å²) in [6, 6.07) is 5.73. The van der Waals surface area contributed by atoms with Crippen molar-refractivity contribution in [2.45, 2.75) is 56.5 Å². The molecule has 2 N–H and O–H groups in total. The van der Waals surface area contributed by atoms with Gasteiger partial charge in [-0.3, -0.25) is 0 Å². The lowest BCUT2D eigenvalue weighted by atomic mass is 9.86. The molecule has 0 aromatic heterocycles. The van der Waals surface area contributed by atoms with Crippen LogP contribution >= 0.6 is 0 Å². The third-order valence-electron chi connectivity index (χ3n) is 5.03. The van der Waals surface area contributed by atoms with Gasteiger partial charge in [0.2, 0.25) is 10.0 Å². The number of rotatable bonds is 3. The van der Waals surface area contributed by atoms with E-state index in [1.807, 2.05) is 19.1 Å². The van der Waals surface area contributed by atoms with Gasteiger partial charge in [0.25, 0.3) is 0 Å². The van der Waals surface area contributed by atoms with Crippen molar-refractivity contribution in [1.82, 2.24) is 4.31 Å². The molecule has 2 fully saturated rings. The van der Waals surface area contributed by atoms with Gasteiger partial charge in [-0.15, -0.1) is 0 Å². The molecule has 1 heterocycles. The zero-order chi connectivity index (χ0) is 15.0. The van der Waals surface area contributed by atoms with Gasteiger partial charge in [-0.05, 0) is 49.3 Å². The molecule has 2 atom stereocenters. The van der Waals surface area contributed by atoms with Crippen LogP contribution in [0.2, 0.25) is 0 Å². The Labute approximate surface area is 127 Å². The van der Waals surface area contributed by atoms with Crippen molar-refractivity contribution in [3.05, 3.63) is 29.3 Å². The smallest absolute Gasteiger partial charge is 0.243 e. The van der Waals surface area contributed by atoms with E-state index in [1.54, 1.807) is 10.4 Å². The molecule has 3 rings (SSSR count). The number of nitrogens with zero attached hydrogens (tertiary/aromatic N) is 1. The number of aryl methyl sites for hydroxylation is 1. The van der Waals surface area contributed by atoms with Crippen LogP contribution in [0.15, 0.2) is 23.1 Å². The van der Waals surface area contributed by atoms with E-state index >= 15 is 0 Å². The van der Waals surface area contributed by atoms with E-state index in [0.717, 1.165) is 30.4 Å². The maximum atomic E-state index is 13.1. The normalized spacial score (nSPS) is 26.8. The van der Waals surface area contributed by atoms with Gasteiger partial charge in [-0.25, -0.2) is 8.42 Å². The quantitative estimate of drug-likeness (QED) is 0.932. The predicted octanol–water partition coefficient (Wildman–Crippen LogP) is 2.41. The molecule has 0 bridgehead atoms. The van der Waals surface area contributed by atoms with E-state index in [0.29, 0.717) is 23.9 Å². The van der Waals surface area contributed by atoms with Gasteiger partial charge in [-0.1, -0.05) is 25.0 Å². The number of sulfonamides is 1. The van der Waals surface area contributed by atoms with Crippen LogP contribution in [0.5, 0.6) is 0 Å². The first-order valence-electron chi connectivity index (χ1n) is 7.85. The Balaban J connectivity index is 1.97. The Morgan fingerprint density at radius 3 is 2.76 bits per heavy atom. The van der Waals surface area contributed by atoms with E-state index in [4.69, 9.17) is 5.73 Å². The maximum Gasteiger partial charge on any atom is 0.243 e. The number of hydrogen-bond donors (Lipinski definition) is 1. The fourth-order valence-corrected chi connectivity index (χ4v) is 5.84. The molecule has 116 valence electrons. The molecule has 4 nitrogen and oxygen atoms in total. The second-order valence-electron chi connectivity index (χ2n) is 6.32. The van der Waals surface area contributed by atoms with Crippen LogP contribution in [0, 0.1) is 12.8 Å². The first kappa shape index (κ1) is 15.0. The third-order valence-corrected chi connectivity index (χ3v) is 7.10. The average molecular weight is 308 g/mol. The zero-order valence-corrected chi connectivity index (χ0v) is 13.4. The second kappa shape index (κ2) is 5.71. The van der Waals surface area contributed by atoms with Crippen molar-refractivity contribution in [3.63, 3.8) is 0 Å². The van der Waals surface area contributed by atoms with E-state index < -0.39 is 10.0 Å². The summed E-state index contributed by atoms with van der Waals surface area (Å²) >= 11 is 0. The van der Waals surface area contributed by atoms with Crippen LogP contribution in [0.4, 0.5) is 0 Å². The van der Waals surface area contributed by atoms with Crippen molar-refractivity contribution in [1.29, 1.82) is 0 Å². The highest BCUT2D eigenvalue weighted by molar-refractivity contribution is 7.89. The number of hydrogen-bond acceptors (Lipinski definition) is 3. The number of fused-ring (bicyclic) bond motifs is 1. The highest BCUT2D eigenvalue weighted by atomic mass is 32.2. The Morgan fingerprint density at radius 1 is 1.24 bits per heavy atom. The summed E-state index contributed by atoms with van der Waals surface area (Å²) in [7, 11) is -3.39. The SMILES string of the molecule is Cc1ccc(CN)cc1S(=O)(=O)N1CCC2CCCCC21. The lowest BCUT2D eigenvalue weighted by Crippen LogP contribution is -2.39. The summed E-state index contributed by atoms with van der Waals surface area (Å²) in [6.07, 6.45) is 5.60. The lowest BCUT2D eigenvalue weighted by molar-refractivity contribution is 0.260. The molecule has 1 aromatic carbocycles. The first-order valence-corrected chi connectivity index (χ1v) is 9.29. The van der Waals surface area contributed by atoms with Crippen molar-refractivity contribution in [2.75, 3.05) is 6.54 Å². The Hall–Kier alpha value is -0.910. The fraction of sp³-hybridized carbons (Fsp3) is 0.625. The zero-order valence-electron chi connectivity index (χ0n) is 12.6. The van der Waals surface area contributed by atoms with Crippen LogP contribution < -0.4 is 5.73 Å². The molecule has 1 saturated heterocycles. The molecule has 2 unspecified atom stereocenters. The molecular formula is C16H24N2O2S. The Kier molecular flexibility index (Phi) is 4.08. The van der Waals surface area contributed by atoms with Gasteiger partial charge in [-0.2, -0.15) is 4.31 Å². The molecule has 0 spiro atoms. The standard InChI is InChI=1S/C16H24N2O2S/c1-12-6-7-13(11-17)10-16(12)21(19,20)18-9-8-14-4-2-3-5-15(14)18/h6-7,10,14-15H,2-5,8-9,11,17H2,1H3. The third kappa shape index (κ3) is 2.62. The van der Waals surface area contributed by atoms with Crippen molar-refractivity contribution in [2.24, 2.45) is 11.7 Å². The summed E-state index contributed by atoms with van der Waals surface area (Å²) < 4.78 is 27.9. The van der Waals surface area contributed by atoms with Gasteiger partial charge in [0, 0.05) is 19.1 Å². The predicted molar refractivity (Wildman–Crippen MR) is 83.3 cm³/mol. The van der Waals surface area contributed by atoms with Crippen molar-refractivity contribution < 1.29 is 8.42 Å². The molecule has 1 aromatic rings. The molecule has 5 heteroatoms. The minimum absolute atomic E-state index is 0.213. The van der Waals surface area contributed by atoms with Crippen LogP contribution in [0.3, 0.4) is 0 Å². The van der Waals surface area contributed by atoms with Crippen molar-refractivity contribution >= 4 is 10.0 Å². The number of nitrogens with two attached hydrogens (primary N) is 1. The van der Waals surface area contributed by atoms with Gasteiger partial charge in [0.1, 0.15) is 0 Å². The Bertz CT molecular complexity index is 627. The summed E-state index contributed by atoms with van der Waals surface area (Å²) in [5.74, 6) is 0.562. The molecule has 0 radical (unpaired) electrons. The number of benzene rings is 1. The summed E-state index contributed by atoms with van der Waals surface area (Å²) in [6.45, 7) is 2.90. The van der Waals surface area contributed by atoms with Crippen LogP contribution in [0.1, 0.15) is 43.2 Å². The Morgan fingerprint density at radius 2 is 2.00 bits per heavy atom. The van der Waals surface area contributed by atoms with E-state index in [2.05, 4.69) is 0 Å². The molecule has 1 aliphatic carbocycles. The van der Waals surface area contributed by atoms with Gasteiger partial charge in [0.15, 0.2) is 0 Å². The van der Waals surface area contributed by atoms with E-state index in [1.165, 1.54) is 12.8 Å². The minimum atomic E-state index is -3.39. The topological polar surface area (TPSA) is 63.4 Å². The highest BCUT2D eigenvalue weighted by Crippen LogP contribution is 2.39. The monoisotopic (exact) mass is 308 g/mol. The minimum Gasteiger partial charge on any atom is -0.326 e. The van der Waals surface area contributed by atoms with Crippen molar-refractivity contribution in [3.8, 4) is 0 Å². The largest absolute Gasteiger partial charge is 0.326 e. The molecular weight excluding hydrogens is 284 g/mol. The molecule has 0 amide bonds. The van der Waals surface area contributed by atoms with E-state index in [-0.39, 0.29) is 6.04 Å². The van der Waals surface area contributed by atoms with Crippen LogP contribution in [-0.4, -0.2) is 25.3 Å².